The third kappa shape index (κ3) is 3.12. The maximum Gasteiger partial charge on any atom is 0.253 e. The second-order valence-electron chi connectivity index (χ2n) is 4.26. The van der Waals surface area contributed by atoms with Gasteiger partial charge in [0, 0.05) is 18.7 Å². The Morgan fingerprint density at radius 3 is 2.53 bits per heavy atom. The Morgan fingerprint density at radius 1 is 1.35 bits per heavy atom. The number of amides is 1. The van der Waals surface area contributed by atoms with Crippen molar-refractivity contribution in [3.8, 4) is 11.5 Å². The van der Waals surface area contributed by atoms with Crippen LogP contribution in [0.15, 0.2) is 18.2 Å². The van der Waals surface area contributed by atoms with E-state index in [9.17, 15) is 15.0 Å². The van der Waals surface area contributed by atoms with E-state index in [0.29, 0.717) is 5.56 Å². The molecule has 0 aromatic heterocycles. The fourth-order valence-electron chi connectivity index (χ4n) is 1.67. The molecule has 0 aliphatic carbocycles. The van der Waals surface area contributed by atoms with Gasteiger partial charge >= 0.3 is 0 Å². The molecule has 1 unspecified atom stereocenters. The summed E-state index contributed by atoms with van der Waals surface area (Å²) in [6, 6.07) is 4.27. The molecule has 4 heteroatoms. The van der Waals surface area contributed by atoms with E-state index in [1.807, 2.05) is 6.92 Å². The SMILES string of the molecule is CCCC(C)N(C)C(=O)c1ccc(O)c(O)c1. The van der Waals surface area contributed by atoms with Crippen molar-refractivity contribution in [2.24, 2.45) is 0 Å². The average molecular weight is 237 g/mol. The molecule has 0 heterocycles. The van der Waals surface area contributed by atoms with E-state index in [4.69, 9.17) is 0 Å². The fraction of sp³-hybridized carbons (Fsp3) is 0.462. The maximum atomic E-state index is 12.1. The number of rotatable bonds is 4. The summed E-state index contributed by atoms with van der Waals surface area (Å²) in [5.74, 6) is -0.639. The zero-order valence-electron chi connectivity index (χ0n) is 10.5. The minimum absolute atomic E-state index is 0.152. The summed E-state index contributed by atoms with van der Waals surface area (Å²) in [4.78, 5) is 13.7. The number of hydrogen-bond acceptors (Lipinski definition) is 3. The van der Waals surface area contributed by atoms with Crippen molar-refractivity contribution in [3.05, 3.63) is 23.8 Å². The van der Waals surface area contributed by atoms with Gasteiger partial charge in [-0.1, -0.05) is 13.3 Å². The van der Waals surface area contributed by atoms with Gasteiger partial charge in [0.25, 0.3) is 5.91 Å². The normalized spacial score (nSPS) is 12.2. The lowest BCUT2D eigenvalue weighted by Gasteiger charge is -2.24. The molecule has 0 saturated heterocycles. The molecule has 1 aromatic rings. The first kappa shape index (κ1) is 13.4. The van der Waals surface area contributed by atoms with Crippen LogP contribution in [0.25, 0.3) is 0 Å². The summed E-state index contributed by atoms with van der Waals surface area (Å²) in [7, 11) is 1.74. The molecule has 0 saturated carbocycles. The minimum Gasteiger partial charge on any atom is -0.504 e. The zero-order valence-corrected chi connectivity index (χ0v) is 10.5. The standard InChI is InChI=1S/C13H19NO3/c1-4-5-9(2)14(3)13(17)10-6-7-11(15)12(16)8-10/h6-9,15-16H,4-5H2,1-3H3. The highest BCUT2D eigenvalue weighted by Gasteiger charge is 2.17. The lowest BCUT2D eigenvalue weighted by Crippen LogP contribution is -2.34. The van der Waals surface area contributed by atoms with Gasteiger partial charge in [-0.05, 0) is 31.5 Å². The highest BCUT2D eigenvalue weighted by molar-refractivity contribution is 5.94. The predicted octanol–water partition coefficient (Wildman–Crippen LogP) is 2.36. The molecule has 17 heavy (non-hydrogen) atoms. The van der Waals surface area contributed by atoms with Crippen LogP contribution in [-0.4, -0.2) is 34.1 Å². The number of nitrogens with zero attached hydrogens (tertiary/aromatic N) is 1. The Bertz CT molecular complexity index is 404. The zero-order chi connectivity index (χ0) is 13.0. The number of phenols is 2. The van der Waals surface area contributed by atoms with Crippen LogP contribution in [0.1, 0.15) is 37.0 Å². The molecule has 94 valence electrons. The van der Waals surface area contributed by atoms with Gasteiger partial charge < -0.3 is 15.1 Å². The first-order valence-corrected chi connectivity index (χ1v) is 5.76. The van der Waals surface area contributed by atoms with Crippen molar-refractivity contribution in [2.45, 2.75) is 32.7 Å². The summed E-state index contributed by atoms with van der Waals surface area (Å²) in [6.45, 7) is 4.06. The molecule has 1 rings (SSSR count). The lowest BCUT2D eigenvalue weighted by molar-refractivity contribution is 0.0736. The summed E-state index contributed by atoms with van der Waals surface area (Å²) in [6.07, 6.45) is 1.95. The van der Waals surface area contributed by atoms with Gasteiger partial charge in [0.2, 0.25) is 0 Å². The molecule has 1 aromatic carbocycles. The second kappa shape index (κ2) is 5.57. The highest BCUT2D eigenvalue weighted by atomic mass is 16.3. The molecule has 0 aliphatic rings. The molecule has 0 bridgehead atoms. The van der Waals surface area contributed by atoms with Gasteiger partial charge in [-0.25, -0.2) is 0 Å². The monoisotopic (exact) mass is 237 g/mol. The third-order valence-electron chi connectivity index (χ3n) is 2.91. The van der Waals surface area contributed by atoms with Crippen LogP contribution in [-0.2, 0) is 0 Å². The first-order chi connectivity index (χ1) is 7.97. The van der Waals surface area contributed by atoms with Crippen LogP contribution in [0.2, 0.25) is 0 Å². The van der Waals surface area contributed by atoms with Crippen LogP contribution in [0.3, 0.4) is 0 Å². The second-order valence-corrected chi connectivity index (χ2v) is 4.26. The van der Waals surface area contributed by atoms with E-state index >= 15 is 0 Å². The Kier molecular flexibility index (Phi) is 4.37. The topological polar surface area (TPSA) is 60.8 Å². The summed E-state index contributed by atoms with van der Waals surface area (Å²) < 4.78 is 0. The average Bonchev–Trinajstić information content (AvgIpc) is 2.31. The molecular formula is C13H19NO3. The van der Waals surface area contributed by atoms with E-state index in [2.05, 4.69) is 6.92 Å². The van der Waals surface area contributed by atoms with Crippen LogP contribution in [0.5, 0.6) is 11.5 Å². The van der Waals surface area contributed by atoms with Gasteiger partial charge in [-0.15, -0.1) is 0 Å². The van der Waals surface area contributed by atoms with Gasteiger partial charge in [-0.2, -0.15) is 0 Å². The van der Waals surface area contributed by atoms with E-state index in [1.165, 1.54) is 18.2 Å². The molecule has 1 amide bonds. The Balaban J connectivity index is 2.85. The molecular weight excluding hydrogens is 218 g/mol. The molecule has 0 spiro atoms. The van der Waals surface area contributed by atoms with Crippen molar-refractivity contribution in [1.82, 2.24) is 4.90 Å². The maximum absolute atomic E-state index is 12.1. The number of phenolic OH excluding ortho intramolecular Hbond substituents is 2. The Hall–Kier alpha value is -1.71. The van der Waals surface area contributed by atoms with E-state index in [0.717, 1.165) is 12.8 Å². The minimum atomic E-state index is -0.271. The largest absolute Gasteiger partial charge is 0.504 e. The van der Waals surface area contributed by atoms with Crippen LogP contribution >= 0.6 is 0 Å². The molecule has 2 N–H and O–H groups in total. The van der Waals surface area contributed by atoms with E-state index in [1.54, 1.807) is 11.9 Å². The van der Waals surface area contributed by atoms with Crippen molar-refractivity contribution in [3.63, 3.8) is 0 Å². The number of carbonyl (C=O) groups excluding carboxylic acids is 1. The fourth-order valence-corrected chi connectivity index (χ4v) is 1.67. The molecule has 0 fully saturated rings. The van der Waals surface area contributed by atoms with Crippen LogP contribution in [0, 0.1) is 0 Å². The van der Waals surface area contributed by atoms with E-state index in [-0.39, 0.29) is 23.4 Å². The molecule has 0 aliphatic heterocycles. The predicted molar refractivity (Wildman–Crippen MR) is 66.2 cm³/mol. The first-order valence-electron chi connectivity index (χ1n) is 5.76. The van der Waals surface area contributed by atoms with Crippen LogP contribution in [0.4, 0.5) is 0 Å². The van der Waals surface area contributed by atoms with Crippen molar-refractivity contribution in [1.29, 1.82) is 0 Å². The summed E-state index contributed by atoms with van der Waals surface area (Å²) in [5, 5.41) is 18.5. The number of aromatic hydroxyl groups is 2. The van der Waals surface area contributed by atoms with Crippen molar-refractivity contribution in [2.75, 3.05) is 7.05 Å². The molecule has 0 radical (unpaired) electrons. The van der Waals surface area contributed by atoms with Gasteiger partial charge in [-0.3, -0.25) is 4.79 Å². The summed E-state index contributed by atoms with van der Waals surface area (Å²) >= 11 is 0. The smallest absolute Gasteiger partial charge is 0.253 e. The van der Waals surface area contributed by atoms with Crippen molar-refractivity contribution < 1.29 is 15.0 Å². The number of hydrogen-bond donors (Lipinski definition) is 2. The third-order valence-corrected chi connectivity index (χ3v) is 2.91. The van der Waals surface area contributed by atoms with Crippen molar-refractivity contribution >= 4 is 5.91 Å². The van der Waals surface area contributed by atoms with E-state index < -0.39 is 0 Å². The van der Waals surface area contributed by atoms with Gasteiger partial charge in [0.15, 0.2) is 11.5 Å². The number of carbonyl (C=O) groups is 1. The quantitative estimate of drug-likeness (QED) is 0.790. The Labute approximate surface area is 101 Å². The molecule has 4 nitrogen and oxygen atoms in total. The highest BCUT2D eigenvalue weighted by Crippen LogP contribution is 2.25. The molecule has 1 atom stereocenters. The van der Waals surface area contributed by atoms with Gasteiger partial charge in [0.1, 0.15) is 0 Å². The summed E-state index contributed by atoms with van der Waals surface area (Å²) in [5.41, 5.74) is 0.380. The van der Waals surface area contributed by atoms with Crippen LogP contribution < -0.4 is 0 Å². The lowest BCUT2D eigenvalue weighted by atomic mass is 10.1. The van der Waals surface area contributed by atoms with Gasteiger partial charge in [0.05, 0.1) is 0 Å². The Morgan fingerprint density at radius 2 is 2.00 bits per heavy atom. The number of benzene rings is 1.